The van der Waals surface area contributed by atoms with Crippen LogP contribution in [0.2, 0.25) is 0 Å². The Morgan fingerprint density at radius 2 is 1.30 bits per heavy atom. The molecule has 0 atom stereocenters. The molecule has 0 aromatic carbocycles. The highest BCUT2D eigenvalue weighted by Gasteiger charge is 2.01. The van der Waals surface area contributed by atoms with Crippen LogP contribution >= 0.6 is 0 Å². The van der Waals surface area contributed by atoms with Crippen LogP contribution in [0.1, 0.15) is 0 Å². The molecule has 0 radical (unpaired) electrons. The van der Waals surface area contributed by atoms with Crippen molar-refractivity contribution in [2.24, 2.45) is 0 Å². The summed E-state index contributed by atoms with van der Waals surface area (Å²) in [6.45, 7) is 0. The maximum Gasteiger partial charge on any atom is 0.194 e. The first-order chi connectivity index (χ1) is 4.79. The van der Waals surface area contributed by atoms with Crippen LogP contribution in [0.15, 0.2) is 24.0 Å². The Morgan fingerprint density at radius 1 is 1.00 bits per heavy atom. The molecule has 0 rings (SSSR count). The molecule has 0 aliphatic heterocycles. The number of hydrogen-bond donors (Lipinski definition) is 2. The average molecular weight is 148 g/mol. The van der Waals surface area contributed by atoms with Gasteiger partial charge in [0.25, 0.3) is 0 Å². The fraction of sp³-hybridized carbons (Fsp3) is 0. The lowest BCUT2D eigenvalue weighted by atomic mass is 10.5. The van der Waals surface area contributed by atoms with E-state index in [2.05, 4.69) is 9.78 Å². The summed E-state index contributed by atoms with van der Waals surface area (Å²) in [6, 6.07) is 0. The van der Waals surface area contributed by atoms with E-state index in [1.165, 1.54) is 0 Å². The van der Waals surface area contributed by atoms with E-state index in [1.54, 1.807) is 0 Å². The molecule has 0 heterocycles. The lowest BCUT2D eigenvalue weighted by molar-refractivity contribution is -0.309. The molecule has 0 fully saturated rings. The third-order valence-electron chi connectivity index (χ3n) is 0.654. The van der Waals surface area contributed by atoms with Crippen molar-refractivity contribution >= 4 is 0 Å². The lowest BCUT2D eigenvalue weighted by Gasteiger charge is -2.07. The van der Waals surface area contributed by atoms with Crippen molar-refractivity contribution in [3.8, 4) is 0 Å². The molecule has 0 bridgehead atoms. The third kappa shape index (κ3) is 1.84. The summed E-state index contributed by atoms with van der Waals surface area (Å²) in [4.78, 5) is 6.68. The first kappa shape index (κ1) is 8.60. The highest BCUT2D eigenvalue weighted by atomic mass is 17.1. The van der Waals surface area contributed by atoms with Gasteiger partial charge in [0, 0.05) is 0 Å². The van der Waals surface area contributed by atoms with Crippen molar-refractivity contribution in [2.45, 2.75) is 0 Å². The highest BCUT2D eigenvalue weighted by Crippen LogP contribution is 2.06. The van der Waals surface area contributed by atoms with Crippen LogP contribution in [-0.4, -0.2) is 10.5 Å². The van der Waals surface area contributed by atoms with Gasteiger partial charge in [-0.15, -0.1) is 0 Å². The second-order valence-electron chi connectivity index (χ2n) is 1.15. The maximum atomic E-state index is 9.80. The molecule has 2 N–H and O–H groups in total. The van der Waals surface area contributed by atoms with Gasteiger partial charge in [0.2, 0.25) is 0 Å². The van der Waals surface area contributed by atoms with Crippen LogP contribution in [0.4, 0.5) is 0 Å². The van der Waals surface area contributed by atoms with Gasteiger partial charge < -0.3 is 20.0 Å². The molecule has 0 spiro atoms. The molecule has 6 nitrogen and oxygen atoms in total. The summed E-state index contributed by atoms with van der Waals surface area (Å²) >= 11 is 0. The van der Waals surface area contributed by atoms with Gasteiger partial charge in [0.15, 0.2) is 11.5 Å². The van der Waals surface area contributed by atoms with Crippen LogP contribution in [0.3, 0.4) is 0 Å². The first-order valence-corrected chi connectivity index (χ1v) is 2.07. The molecule has 0 saturated heterocycles. The minimum atomic E-state index is -0.794. The standard InChI is InChI=1S/C4H6O6/c5-1-3(9-7)4(2-6)10-8/h1-2,5-8H/p-2/b3-1-,4-2+. The summed E-state index contributed by atoms with van der Waals surface area (Å²) in [7, 11) is 0. The maximum absolute atomic E-state index is 9.80. The van der Waals surface area contributed by atoms with Crippen molar-refractivity contribution in [3.63, 3.8) is 0 Å². The summed E-state index contributed by atoms with van der Waals surface area (Å²) in [5.41, 5.74) is 0. The molecule has 0 saturated carbocycles. The van der Waals surface area contributed by atoms with E-state index >= 15 is 0 Å². The Kier molecular flexibility index (Phi) is 3.85. The van der Waals surface area contributed by atoms with Gasteiger partial charge >= 0.3 is 0 Å². The molecule has 0 aliphatic rings. The predicted octanol–water partition coefficient (Wildman–Crippen LogP) is -1.63. The van der Waals surface area contributed by atoms with Gasteiger partial charge in [-0.2, -0.15) is 0 Å². The van der Waals surface area contributed by atoms with Crippen LogP contribution in [0, 0.1) is 0 Å². The summed E-state index contributed by atoms with van der Waals surface area (Å²) in [5.74, 6) is -1.59. The normalized spacial score (nSPS) is 13.0. The molecule has 0 unspecified atom stereocenters. The smallest absolute Gasteiger partial charge is 0.194 e. The quantitative estimate of drug-likeness (QED) is 0.215. The molecule has 58 valence electrons. The van der Waals surface area contributed by atoms with Crippen molar-refractivity contribution < 1.29 is 30.5 Å². The van der Waals surface area contributed by atoms with E-state index in [4.69, 9.17) is 10.5 Å². The van der Waals surface area contributed by atoms with E-state index in [1.807, 2.05) is 0 Å². The Hall–Kier alpha value is -1.40. The summed E-state index contributed by atoms with van der Waals surface area (Å²) in [6.07, 6.45) is -0.0000926. The van der Waals surface area contributed by atoms with E-state index in [9.17, 15) is 10.2 Å². The van der Waals surface area contributed by atoms with Gasteiger partial charge in [-0.3, -0.25) is 0 Å². The Balaban J connectivity index is 4.27. The SMILES string of the molecule is [O-]/C=C(OO)/C(=C\[O-])OO. The zero-order valence-electron chi connectivity index (χ0n) is 4.68. The lowest BCUT2D eigenvalue weighted by Crippen LogP contribution is -2.04. The zero-order valence-corrected chi connectivity index (χ0v) is 4.68. The fourth-order valence-corrected chi connectivity index (χ4v) is 0.249. The average Bonchev–Trinajstić information content (AvgIpc) is 2.00. The molecule has 6 heteroatoms. The van der Waals surface area contributed by atoms with Gasteiger partial charge in [0.1, 0.15) is 0 Å². The van der Waals surface area contributed by atoms with E-state index in [0.717, 1.165) is 0 Å². The second kappa shape index (κ2) is 4.48. The molecule has 0 amide bonds. The summed E-state index contributed by atoms with van der Waals surface area (Å²) in [5, 5.41) is 35.2. The van der Waals surface area contributed by atoms with Crippen LogP contribution in [0.25, 0.3) is 0 Å². The van der Waals surface area contributed by atoms with Gasteiger partial charge in [-0.05, 0) is 0 Å². The van der Waals surface area contributed by atoms with Gasteiger partial charge in [0.05, 0.1) is 0 Å². The largest absolute Gasteiger partial charge is 0.875 e. The van der Waals surface area contributed by atoms with Crippen molar-refractivity contribution in [2.75, 3.05) is 0 Å². The van der Waals surface area contributed by atoms with Crippen molar-refractivity contribution in [1.29, 1.82) is 0 Å². The van der Waals surface area contributed by atoms with E-state index < -0.39 is 11.5 Å². The molecule has 0 aromatic heterocycles. The van der Waals surface area contributed by atoms with Crippen molar-refractivity contribution in [3.05, 3.63) is 24.0 Å². The minimum absolute atomic E-state index is 0.0000463. The van der Waals surface area contributed by atoms with E-state index in [-0.39, 0.29) is 12.5 Å². The molecule has 0 aromatic rings. The summed E-state index contributed by atoms with van der Waals surface area (Å²) < 4.78 is 0. The monoisotopic (exact) mass is 148 g/mol. The number of rotatable bonds is 3. The van der Waals surface area contributed by atoms with Crippen LogP contribution in [0.5, 0.6) is 0 Å². The molecule has 0 aliphatic carbocycles. The fourth-order valence-electron chi connectivity index (χ4n) is 0.249. The Morgan fingerprint density at radius 3 is 1.40 bits per heavy atom. The highest BCUT2D eigenvalue weighted by molar-refractivity contribution is 5.13. The molecular formula is C4H4O6-2. The van der Waals surface area contributed by atoms with Crippen LogP contribution < -0.4 is 10.2 Å². The second-order valence-corrected chi connectivity index (χ2v) is 1.15. The molecular weight excluding hydrogens is 144 g/mol. The van der Waals surface area contributed by atoms with Crippen LogP contribution in [-0.2, 0) is 9.78 Å². The predicted molar refractivity (Wildman–Crippen MR) is 23.6 cm³/mol. The first-order valence-electron chi connectivity index (χ1n) is 2.07. The molecule has 10 heavy (non-hydrogen) atoms. The topological polar surface area (TPSA) is 105 Å². The Bertz CT molecular complexity index is 130. The van der Waals surface area contributed by atoms with Gasteiger partial charge in [-0.25, -0.2) is 10.5 Å². The van der Waals surface area contributed by atoms with E-state index in [0.29, 0.717) is 0 Å². The Labute approximate surface area is 55.7 Å². The van der Waals surface area contributed by atoms with Crippen molar-refractivity contribution in [1.82, 2.24) is 0 Å². The number of hydrogen-bond acceptors (Lipinski definition) is 6. The zero-order chi connectivity index (χ0) is 7.98. The van der Waals surface area contributed by atoms with Gasteiger partial charge in [-0.1, -0.05) is 12.5 Å². The minimum Gasteiger partial charge on any atom is -0.875 e. The third-order valence-corrected chi connectivity index (χ3v) is 0.654.